The van der Waals surface area contributed by atoms with Crippen molar-refractivity contribution in [3.05, 3.63) is 50.6 Å². The summed E-state index contributed by atoms with van der Waals surface area (Å²) in [7, 11) is 0. The molecule has 2 nitrogen and oxygen atoms in total. The monoisotopic (exact) mass is 298 g/mol. The van der Waals surface area contributed by atoms with Crippen LogP contribution in [0.25, 0.3) is 0 Å². The first-order chi connectivity index (χ1) is 7.79. The lowest BCUT2D eigenvalue weighted by Gasteiger charge is -2.05. The molecule has 1 heterocycles. The molecule has 0 aliphatic heterocycles. The first kappa shape index (κ1) is 11.6. The average Bonchev–Trinajstić information content (AvgIpc) is 2.73. The zero-order chi connectivity index (χ0) is 11.4. The van der Waals surface area contributed by atoms with E-state index in [1.807, 2.05) is 35.0 Å². The van der Waals surface area contributed by atoms with Crippen molar-refractivity contribution in [1.29, 1.82) is 0 Å². The second kappa shape index (κ2) is 5.48. The maximum Gasteiger partial charge on any atom is 0.144 e. The largest absolute Gasteiger partial charge is 0.487 e. The van der Waals surface area contributed by atoms with Gasteiger partial charge in [-0.15, -0.1) is 11.3 Å². The van der Waals surface area contributed by atoms with Crippen LogP contribution in [0.15, 0.2) is 39.5 Å². The van der Waals surface area contributed by atoms with Crippen molar-refractivity contribution in [2.75, 3.05) is 0 Å². The number of rotatable bonds is 4. The number of hydrogen-bond donors (Lipinski definition) is 1. The third kappa shape index (κ3) is 2.84. The molecule has 1 N–H and O–H groups in total. The third-order valence-electron chi connectivity index (χ3n) is 2.18. The Kier molecular flexibility index (Phi) is 3.98. The molecular weight excluding hydrogens is 288 g/mol. The molecule has 1 aromatic carbocycles. The third-order valence-corrected chi connectivity index (χ3v) is 3.83. The van der Waals surface area contributed by atoms with E-state index in [0.717, 1.165) is 21.3 Å². The molecule has 0 aliphatic carbocycles. The van der Waals surface area contributed by atoms with Gasteiger partial charge in [0.05, 0.1) is 11.1 Å². The SMILES string of the molecule is OCc1ccc(COc2cscc2Br)cc1. The highest BCUT2D eigenvalue weighted by molar-refractivity contribution is 9.10. The number of thiophene rings is 1. The second-order valence-electron chi connectivity index (χ2n) is 3.35. The van der Waals surface area contributed by atoms with Crippen LogP contribution in [0.2, 0.25) is 0 Å². The molecule has 0 aliphatic rings. The molecule has 1 aromatic heterocycles. The molecule has 0 spiro atoms. The van der Waals surface area contributed by atoms with Gasteiger partial charge in [-0.05, 0) is 27.1 Å². The molecule has 0 saturated carbocycles. The van der Waals surface area contributed by atoms with Gasteiger partial charge in [0.2, 0.25) is 0 Å². The van der Waals surface area contributed by atoms with Crippen LogP contribution in [0.1, 0.15) is 11.1 Å². The standard InChI is InChI=1S/C12H11BrO2S/c13-11-7-16-8-12(11)15-6-10-3-1-9(5-14)2-4-10/h1-4,7-8,14H,5-6H2. The minimum atomic E-state index is 0.0806. The number of aliphatic hydroxyl groups excluding tert-OH is 1. The van der Waals surface area contributed by atoms with Crippen LogP contribution in [0, 0.1) is 0 Å². The number of halogens is 1. The van der Waals surface area contributed by atoms with Crippen LogP contribution >= 0.6 is 27.3 Å². The van der Waals surface area contributed by atoms with Gasteiger partial charge in [-0.2, -0.15) is 0 Å². The fourth-order valence-corrected chi connectivity index (χ4v) is 2.60. The van der Waals surface area contributed by atoms with Crippen LogP contribution in [0.3, 0.4) is 0 Å². The fourth-order valence-electron chi connectivity index (χ4n) is 1.27. The van der Waals surface area contributed by atoms with Crippen molar-refractivity contribution in [2.24, 2.45) is 0 Å². The molecule has 0 bridgehead atoms. The van der Waals surface area contributed by atoms with Crippen LogP contribution in [0.4, 0.5) is 0 Å². The molecule has 16 heavy (non-hydrogen) atoms. The van der Waals surface area contributed by atoms with Gasteiger partial charge in [0.1, 0.15) is 12.4 Å². The zero-order valence-electron chi connectivity index (χ0n) is 8.52. The van der Waals surface area contributed by atoms with E-state index in [9.17, 15) is 0 Å². The van der Waals surface area contributed by atoms with Gasteiger partial charge in [0.15, 0.2) is 0 Å². The van der Waals surface area contributed by atoms with Gasteiger partial charge in [-0.25, -0.2) is 0 Å². The van der Waals surface area contributed by atoms with Crippen molar-refractivity contribution >= 4 is 27.3 Å². The van der Waals surface area contributed by atoms with E-state index in [-0.39, 0.29) is 6.61 Å². The Bertz CT molecular complexity index is 450. The quantitative estimate of drug-likeness (QED) is 0.935. The minimum absolute atomic E-state index is 0.0806. The van der Waals surface area contributed by atoms with Gasteiger partial charge in [-0.3, -0.25) is 0 Å². The van der Waals surface area contributed by atoms with Crippen LogP contribution in [-0.4, -0.2) is 5.11 Å². The number of benzene rings is 1. The van der Waals surface area contributed by atoms with E-state index < -0.39 is 0 Å². The van der Waals surface area contributed by atoms with Crippen LogP contribution in [-0.2, 0) is 13.2 Å². The molecule has 0 unspecified atom stereocenters. The summed E-state index contributed by atoms with van der Waals surface area (Å²) >= 11 is 5.02. The number of aliphatic hydroxyl groups is 1. The highest BCUT2D eigenvalue weighted by Crippen LogP contribution is 2.29. The van der Waals surface area contributed by atoms with Crippen molar-refractivity contribution < 1.29 is 9.84 Å². The van der Waals surface area contributed by atoms with Gasteiger partial charge >= 0.3 is 0 Å². The summed E-state index contributed by atoms with van der Waals surface area (Å²) in [6.45, 7) is 0.623. The molecule has 2 aromatic rings. The Balaban J connectivity index is 1.97. The Hall–Kier alpha value is -0.840. The molecule has 2 rings (SSSR count). The topological polar surface area (TPSA) is 29.5 Å². The molecular formula is C12H11BrO2S. The van der Waals surface area contributed by atoms with E-state index >= 15 is 0 Å². The van der Waals surface area contributed by atoms with Gasteiger partial charge < -0.3 is 9.84 Å². The Labute approximate surface area is 107 Å². The predicted octanol–water partition coefficient (Wildman–Crippen LogP) is 3.58. The lowest BCUT2D eigenvalue weighted by molar-refractivity contribution is 0.281. The molecule has 84 valence electrons. The van der Waals surface area contributed by atoms with Crippen LogP contribution in [0.5, 0.6) is 5.75 Å². The van der Waals surface area contributed by atoms with Crippen molar-refractivity contribution in [1.82, 2.24) is 0 Å². The summed E-state index contributed by atoms with van der Waals surface area (Å²) in [5.74, 6) is 0.872. The van der Waals surface area contributed by atoms with E-state index in [2.05, 4.69) is 15.9 Å². The maximum atomic E-state index is 8.91. The maximum absolute atomic E-state index is 8.91. The first-order valence-corrected chi connectivity index (χ1v) is 6.56. The summed E-state index contributed by atoms with van der Waals surface area (Å²) in [6, 6.07) is 7.74. The number of hydrogen-bond acceptors (Lipinski definition) is 3. The molecule has 4 heteroatoms. The molecule has 0 radical (unpaired) electrons. The Morgan fingerprint density at radius 3 is 2.38 bits per heavy atom. The Morgan fingerprint density at radius 2 is 1.81 bits per heavy atom. The van der Waals surface area contributed by atoms with Crippen molar-refractivity contribution in [3.63, 3.8) is 0 Å². The van der Waals surface area contributed by atoms with Gasteiger partial charge in [-0.1, -0.05) is 24.3 Å². The summed E-state index contributed by atoms with van der Waals surface area (Å²) in [6.07, 6.45) is 0. The van der Waals surface area contributed by atoms with Gasteiger partial charge in [0.25, 0.3) is 0 Å². The normalized spacial score (nSPS) is 10.4. The van der Waals surface area contributed by atoms with E-state index in [0.29, 0.717) is 6.61 Å². The summed E-state index contributed by atoms with van der Waals surface area (Å²) in [5, 5.41) is 12.9. The predicted molar refractivity (Wildman–Crippen MR) is 68.7 cm³/mol. The molecule has 0 amide bonds. The minimum Gasteiger partial charge on any atom is -0.487 e. The smallest absolute Gasteiger partial charge is 0.144 e. The Morgan fingerprint density at radius 1 is 1.12 bits per heavy atom. The second-order valence-corrected chi connectivity index (χ2v) is 4.95. The summed E-state index contributed by atoms with van der Waals surface area (Å²) in [5.41, 5.74) is 2.01. The fraction of sp³-hybridized carbons (Fsp3) is 0.167. The number of ether oxygens (including phenoxy) is 1. The average molecular weight is 299 g/mol. The van der Waals surface area contributed by atoms with Crippen LogP contribution < -0.4 is 4.74 Å². The van der Waals surface area contributed by atoms with Crippen molar-refractivity contribution in [2.45, 2.75) is 13.2 Å². The van der Waals surface area contributed by atoms with E-state index in [1.165, 1.54) is 0 Å². The van der Waals surface area contributed by atoms with E-state index in [4.69, 9.17) is 9.84 Å². The molecule has 0 atom stereocenters. The molecule has 0 fully saturated rings. The van der Waals surface area contributed by atoms with E-state index in [1.54, 1.807) is 11.3 Å². The highest BCUT2D eigenvalue weighted by Gasteiger charge is 2.02. The summed E-state index contributed by atoms with van der Waals surface area (Å²) < 4.78 is 6.63. The highest BCUT2D eigenvalue weighted by atomic mass is 79.9. The molecule has 0 saturated heterocycles. The van der Waals surface area contributed by atoms with Gasteiger partial charge in [0, 0.05) is 10.8 Å². The van der Waals surface area contributed by atoms with Crippen molar-refractivity contribution in [3.8, 4) is 5.75 Å². The zero-order valence-corrected chi connectivity index (χ0v) is 10.9. The lowest BCUT2D eigenvalue weighted by atomic mass is 10.1. The first-order valence-electron chi connectivity index (χ1n) is 4.83. The summed E-state index contributed by atoms with van der Waals surface area (Å²) in [4.78, 5) is 0. The lowest BCUT2D eigenvalue weighted by Crippen LogP contribution is -1.95.